The molecular formula is C47H52N4O9. The number of rotatable bonds is 17. The molecule has 2 aromatic rings. The summed E-state index contributed by atoms with van der Waals surface area (Å²) in [6.07, 6.45) is 20.1. The zero-order valence-corrected chi connectivity index (χ0v) is 34.0. The van der Waals surface area contributed by atoms with Gasteiger partial charge in [-0.1, -0.05) is 70.6 Å². The van der Waals surface area contributed by atoms with Crippen LogP contribution in [0.2, 0.25) is 0 Å². The van der Waals surface area contributed by atoms with Crippen LogP contribution in [0.15, 0.2) is 60.7 Å². The number of imide groups is 4. The molecule has 8 amide bonds. The molecule has 0 spiro atoms. The standard InChI is InChI=1S/C47H52N4O9/c52-40-20-21-41(53)48(40)24-10-4-2-1-3-5-11-30-12-6-7-13-31(30)28-50-44(56)36-18-16-34(25-38(36)46(50)58)60-35-17-19-37-39(26-35)47(59)51(45(37)57)29-33-15-9-8-14-32(33)27-49-42(54)22-23-43(49)55/h16-23,25-26,30-33H,1-15,24,27-29H2. The number of fused-ring (bicyclic) bond motifs is 2. The Hall–Kier alpha value is -5.72. The average molecular weight is 817 g/mol. The number of amides is 8. The second-order valence-corrected chi connectivity index (χ2v) is 17.3. The Balaban J connectivity index is 0.833. The van der Waals surface area contributed by atoms with Crippen LogP contribution in [-0.2, 0) is 19.2 Å². The van der Waals surface area contributed by atoms with E-state index in [1.165, 1.54) is 50.0 Å². The van der Waals surface area contributed by atoms with E-state index in [0.29, 0.717) is 36.1 Å². The van der Waals surface area contributed by atoms with Crippen molar-refractivity contribution in [1.29, 1.82) is 0 Å². The van der Waals surface area contributed by atoms with Crippen LogP contribution in [0.25, 0.3) is 0 Å². The molecule has 2 aromatic carbocycles. The number of nitrogens with zero attached hydrogens (tertiary/aromatic N) is 4. The van der Waals surface area contributed by atoms with Gasteiger partial charge in [-0.25, -0.2) is 0 Å². The van der Waals surface area contributed by atoms with Gasteiger partial charge in [0, 0.05) is 50.5 Å². The molecule has 0 N–H and O–H groups in total. The summed E-state index contributed by atoms with van der Waals surface area (Å²) in [6.45, 7) is 1.33. The highest BCUT2D eigenvalue weighted by molar-refractivity contribution is 6.22. The molecular weight excluding hydrogens is 765 g/mol. The summed E-state index contributed by atoms with van der Waals surface area (Å²) < 4.78 is 6.14. The first-order valence-electron chi connectivity index (χ1n) is 21.8. The highest BCUT2D eigenvalue weighted by atomic mass is 16.5. The number of benzene rings is 2. The van der Waals surface area contributed by atoms with Crippen LogP contribution in [0.5, 0.6) is 11.5 Å². The van der Waals surface area contributed by atoms with E-state index in [2.05, 4.69) is 0 Å². The Morgan fingerprint density at radius 3 is 1.30 bits per heavy atom. The first-order chi connectivity index (χ1) is 29.1. The van der Waals surface area contributed by atoms with E-state index in [0.717, 1.165) is 96.3 Å². The molecule has 4 unspecified atom stereocenters. The topological polar surface area (TPSA) is 159 Å². The zero-order chi connectivity index (χ0) is 41.9. The number of carbonyl (C=O) groups is 8. The maximum Gasteiger partial charge on any atom is 0.261 e. The van der Waals surface area contributed by atoms with Crippen molar-refractivity contribution in [2.24, 2.45) is 23.7 Å². The molecule has 0 radical (unpaired) electrons. The monoisotopic (exact) mass is 816 g/mol. The summed E-state index contributed by atoms with van der Waals surface area (Å²) in [7, 11) is 0. The summed E-state index contributed by atoms with van der Waals surface area (Å²) in [5.74, 6) is -1.29. The largest absolute Gasteiger partial charge is 0.457 e. The van der Waals surface area contributed by atoms with Gasteiger partial charge in [-0.3, -0.25) is 58.0 Å². The Bertz CT molecular complexity index is 2140. The molecule has 2 aliphatic carbocycles. The van der Waals surface area contributed by atoms with E-state index in [4.69, 9.17) is 4.74 Å². The maximum atomic E-state index is 13.8. The molecule has 4 atom stereocenters. The maximum absolute atomic E-state index is 13.8. The van der Waals surface area contributed by atoms with E-state index in [-0.39, 0.29) is 88.9 Å². The second-order valence-electron chi connectivity index (χ2n) is 17.3. The Kier molecular flexibility index (Phi) is 12.2. The van der Waals surface area contributed by atoms with Crippen LogP contribution in [-0.4, -0.2) is 93.0 Å². The van der Waals surface area contributed by atoms with Crippen LogP contribution in [0.3, 0.4) is 0 Å². The molecule has 0 saturated heterocycles. The number of carbonyl (C=O) groups excluding carboxylic acids is 8. The number of hydrogen-bond donors (Lipinski definition) is 0. The van der Waals surface area contributed by atoms with E-state index < -0.39 is 5.91 Å². The quantitative estimate of drug-likeness (QED) is 0.123. The summed E-state index contributed by atoms with van der Waals surface area (Å²) in [6, 6.07) is 9.56. The first kappa shape index (κ1) is 41.0. The number of hydrogen-bond acceptors (Lipinski definition) is 9. The van der Waals surface area contributed by atoms with Gasteiger partial charge in [0.1, 0.15) is 11.5 Å². The van der Waals surface area contributed by atoms with Crippen molar-refractivity contribution in [2.75, 3.05) is 26.2 Å². The van der Waals surface area contributed by atoms with Crippen LogP contribution in [0, 0.1) is 23.7 Å². The average Bonchev–Trinajstić information content (AvgIpc) is 3.90. The van der Waals surface area contributed by atoms with Crippen molar-refractivity contribution in [3.8, 4) is 11.5 Å². The first-order valence-corrected chi connectivity index (χ1v) is 21.8. The molecule has 4 heterocycles. The lowest BCUT2D eigenvalue weighted by atomic mass is 9.76. The van der Waals surface area contributed by atoms with Gasteiger partial charge in [0.25, 0.3) is 47.3 Å². The molecule has 2 saturated carbocycles. The summed E-state index contributed by atoms with van der Waals surface area (Å²) in [5.41, 5.74) is 1.13. The van der Waals surface area contributed by atoms with Crippen molar-refractivity contribution >= 4 is 47.3 Å². The van der Waals surface area contributed by atoms with Gasteiger partial charge in [-0.15, -0.1) is 0 Å². The minimum atomic E-state index is -0.424. The predicted octanol–water partition coefficient (Wildman–Crippen LogP) is 6.86. The van der Waals surface area contributed by atoms with E-state index in [1.54, 1.807) is 30.3 Å². The van der Waals surface area contributed by atoms with Crippen LogP contribution in [0.1, 0.15) is 138 Å². The highest BCUT2D eigenvalue weighted by Gasteiger charge is 2.41. The summed E-state index contributed by atoms with van der Waals surface area (Å²) in [4.78, 5) is 108. The zero-order valence-electron chi connectivity index (χ0n) is 34.0. The molecule has 4 aliphatic heterocycles. The van der Waals surface area contributed by atoms with Crippen molar-refractivity contribution in [2.45, 2.75) is 96.3 Å². The third kappa shape index (κ3) is 8.49. The van der Waals surface area contributed by atoms with Crippen LogP contribution >= 0.6 is 0 Å². The molecule has 60 heavy (non-hydrogen) atoms. The van der Waals surface area contributed by atoms with Crippen LogP contribution in [0.4, 0.5) is 0 Å². The minimum Gasteiger partial charge on any atom is -0.457 e. The lowest BCUT2D eigenvalue weighted by molar-refractivity contribution is -0.139. The third-order valence-electron chi connectivity index (χ3n) is 13.5. The normalized spacial score (nSPS) is 23.9. The van der Waals surface area contributed by atoms with Crippen molar-refractivity contribution in [1.82, 2.24) is 19.6 Å². The third-order valence-corrected chi connectivity index (χ3v) is 13.5. The molecule has 8 rings (SSSR count). The van der Waals surface area contributed by atoms with Crippen molar-refractivity contribution in [3.63, 3.8) is 0 Å². The molecule has 13 nitrogen and oxygen atoms in total. The molecule has 2 fully saturated rings. The van der Waals surface area contributed by atoms with E-state index in [9.17, 15) is 38.4 Å². The summed E-state index contributed by atoms with van der Waals surface area (Å²) in [5, 5.41) is 0. The van der Waals surface area contributed by atoms with Crippen LogP contribution < -0.4 is 4.74 Å². The van der Waals surface area contributed by atoms with Gasteiger partial charge in [0.05, 0.1) is 22.3 Å². The fourth-order valence-corrected chi connectivity index (χ4v) is 10.2. The van der Waals surface area contributed by atoms with Gasteiger partial charge < -0.3 is 4.74 Å². The van der Waals surface area contributed by atoms with Gasteiger partial charge in [-0.05, 0) is 85.8 Å². The predicted molar refractivity (Wildman–Crippen MR) is 219 cm³/mol. The smallest absolute Gasteiger partial charge is 0.261 e. The van der Waals surface area contributed by atoms with Gasteiger partial charge in [-0.2, -0.15) is 0 Å². The van der Waals surface area contributed by atoms with E-state index in [1.807, 2.05) is 0 Å². The fourth-order valence-electron chi connectivity index (χ4n) is 10.2. The molecule has 314 valence electrons. The van der Waals surface area contributed by atoms with Gasteiger partial charge in [0.15, 0.2) is 0 Å². The molecule has 0 aromatic heterocycles. The minimum absolute atomic E-state index is 0.0179. The highest BCUT2D eigenvalue weighted by Crippen LogP contribution is 2.39. The molecule has 13 heteroatoms. The SMILES string of the molecule is O=C1C=CC(=O)N1CCCCCCCCC1CCCCC1CN1C(=O)c2ccc(Oc3ccc4c(c3)C(=O)N(CC3CCCCC3CN3C(=O)C=CC3=O)C4=O)cc2C1=O. The van der Waals surface area contributed by atoms with Crippen molar-refractivity contribution < 1.29 is 43.1 Å². The number of ether oxygens (including phenoxy) is 1. The Morgan fingerprint density at radius 2 is 0.800 bits per heavy atom. The lowest BCUT2D eigenvalue weighted by Crippen LogP contribution is -2.43. The Labute approximate surface area is 349 Å². The Morgan fingerprint density at radius 1 is 0.417 bits per heavy atom. The van der Waals surface area contributed by atoms with Gasteiger partial charge >= 0.3 is 0 Å². The fraction of sp³-hybridized carbons (Fsp3) is 0.489. The molecule has 0 bridgehead atoms. The number of unbranched alkanes of at least 4 members (excludes halogenated alkanes) is 5. The second kappa shape index (κ2) is 17.9. The van der Waals surface area contributed by atoms with E-state index >= 15 is 0 Å². The molecule has 6 aliphatic rings. The lowest BCUT2D eigenvalue weighted by Gasteiger charge is -2.35. The van der Waals surface area contributed by atoms with Gasteiger partial charge in [0.2, 0.25) is 0 Å². The van der Waals surface area contributed by atoms with Crippen molar-refractivity contribution in [3.05, 3.63) is 83.0 Å². The summed E-state index contributed by atoms with van der Waals surface area (Å²) >= 11 is 0.